The highest BCUT2D eigenvalue weighted by Crippen LogP contribution is 2.29. The van der Waals surface area contributed by atoms with Crippen LogP contribution in [0.25, 0.3) is 0 Å². The molecule has 0 saturated carbocycles. The second-order valence-electron chi connectivity index (χ2n) is 11.0. The van der Waals surface area contributed by atoms with Gasteiger partial charge in [-0.1, -0.05) is 96.1 Å². The first-order chi connectivity index (χ1) is 19.9. The summed E-state index contributed by atoms with van der Waals surface area (Å²) in [5.74, 6) is 0.900. The highest BCUT2D eigenvalue weighted by atomic mass is 32.2. The molecule has 5 N–H and O–H groups in total. The zero-order chi connectivity index (χ0) is 29.9. The Balaban J connectivity index is 1.69. The molecule has 0 radical (unpaired) electrons. The first kappa shape index (κ1) is 35.5. The highest BCUT2D eigenvalue weighted by Gasteiger charge is 2.44. The van der Waals surface area contributed by atoms with Crippen molar-refractivity contribution in [2.24, 2.45) is 0 Å². The Morgan fingerprint density at radius 3 is 2.12 bits per heavy atom. The zero-order valence-electron chi connectivity index (χ0n) is 25.0. The van der Waals surface area contributed by atoms with Crippen molar-refractivity contribution in [2.45, 2.75) is 141 Å². The van der Waals surface area contributed by atoms with Crippen molar-refractivity contribution in [3.05, 3.63) is 6.20 Å². The molecule has 5 atom stereocenters. The van der Waals surface area contributed by atoms with E-state index in [4.69, 9.17) is 4.74 Å². The third kappa shape index (κ3) is 13.4. The Hall–Kier alpha value is -1.73. The molecule has 2 rings (SSSR count). The molecule has 1 aliphatic heterocycles. The third-order valence-corrected chi connectivity index (χ3v) is 8.60. The number of aliphatic hydroxyl groups excluding tert-OH is 3. The van der Waals surface area contributed by atoms with Crippen LogP contribution in [0.1, 0.15) is 116 Å². The Bertz CT molecular complexity index is 859. The van der Waals surface area contributed by atoms with Gasteiger partial charge in [0.15, 0.2) is 12.0 Å². The molecule has 0 aliphatic carbocycles. The molecule has 11 nitrogen and oxygen atoms in total. The summed E-state index contributed by atoms with van der Waals surface area (Å²) in [6, 6.07) is -0.722. The van der Waals surface area contributed by atoms with Gasteiger partial charge in [-0.15, -0.1) is 5.10 Å². The number of nitrogens with zero attached hydrogens (tertiary/aromatic N) is 3. The number of anilines is 1. The normalized spacial score (nSPS) is 21.2. The summed E-state index contributed by atoms with van der Waals surface area (Å²) in [4.78, 5) is 25.6. The van der Waals surface area contributed by atoms with Crippen molar-refractivity contribution >= 4 is 29.4 Å². The van der Waals surface area contributed by atoms with E-state index in [9.17, 15) is 24.9 Å². The number of ether oxygens (including phenoxy) is 1. The minimum absolute atomic E-state index is 0.129. The molecule has 1 aromatic rings. The molecule has 1 saturated heterocycles. The fourth-order valence-corrected chi connectivity index (χ4v) is 5.79. The molecular weight excluding hydrogens is 546 g/mol. The zero-order valence-corrected chi connectivity index (χ0v) is 25.8. The van der Waals surface area contributed by atoms with Gasteiger partial charge in [-0.25, -0.2) is 4.68 Å². The van der Waals surface area contributed by atoms with Crippen molar-refractivity contribution in [2.75, 3.05) is 23.4 Å². The topological polar surface area (TPSA) is 159 Å². The van der Waals surface area contributed by atoms with Gasteiger partial charge in [0.1, 0.15) is 24.4 Å². The number of rotatable bonds is 23. The number of thioether (sulfide) groups is 1. The number of aliphatic hydroxyl groups is 3. The summed E-state index contributed by atoms with van der Waals surface area (Å²) in [5, 5.41) is 42.8. The van der Waals surface area contributed by atoms with Gasteiger partial charge in [0.25, 0.3) is 0 Å². The summed E-state index contributed by atoms with van der Waals surface area (Å²) in [6.45, 7) is 3.85. The van der Waals surface area contributed by atoms with E-state index in [0.29, 0.717) is 12.2 Å². The molecule has 0 spiro atoms. The highest BCUT2D eigenvalue weighted by molar-refractivity contribution is 7.99. The molecule has 1 fully saturated rings. The lowest BCUT2D eigenvalue weighted by atomic mass is 10.0. The van der Waals surface area contributed by atoms with E-state index in [-0.39, 0.29) is 11.7 Å². The lowest BCUT2D eigenvalue weighted by Crippen LogP contribution is -2.45. The van der Waals surface area contributed by atoms with Gasteiger partial charge in [0.05, 0.1) is 12.8 Å². The maximum atomic E-state index is 13.0. The van der Waals surface area contributed by atoms with Crippen molar-refractivity contribution in [3.8, 4) is 0 Å². The summed E-state index contributed by atoms with van der Waals surface area (Å²) in [5.41, 5.74) is 0. The summed E-state index contributed by atoms with van der Waals surface area (Å²) < 4.78 is 6.63. The third-order valence-electron chi connectivity index (χ3n) is 7.33. The van der Waals surface area contributed by atoms with Crippen LogP contribution in [0.15, 0.2) is 6.20 Å². The average Bonchev–Trinajstić information content (AvgIpc) is 3.54. The average molecular weight is 600 g/mol. The molecule has 41 heavy (non-hydrogen) atoms. The van der Waals surface area contributed by atoms with Gasteiger partial charge in [-0.3, -0.25) is 9.59 Å². The molecule has 1 aliphatic rings. The maximum Gasteiger partial charge on any atom is 0.249 e. The molecule has 2 heterocycles. The minimum atomic E-state index is -1.31. The molecule has 0 aromatic carbocycles. The minimum Gasteiger partial charge on any atom is -0.394 e. The molecule has 2 amide bonds. The molecule has 1 unspecified atom stereocenters. The van der Waals surface area contributed by atoms with Crippen molar-refractivity contribution in [3.63, 3.8) is 0 Å². The van der Waals surface area contributed by atoms with Crippen molar-refractivity contribution in [1.29, 1.82) is 0 Å². The van der Waals surface area contributed by atoms with Crippen molar-refractivity contribution < 1.29 is 29.6 Å². The Morgan fingerprint density at radius 2 is 1.56 bits per heavy atom. The van der Waals surface area contributed by atoms with E-state index in [2.05, 4.69) is 34.8 Å². The van der Waals surface area contributed by atoms with E-state index >= 15 is 0 Å². The largest absolute Gasteiger partial charge is 0.394 e. The van der Waals surface area contributed by atoms with Gasteiger partial charge >= 0.3 is 0 Å². The molecular formula is C29H53N5O6S. The van der Waals surface area contributed by atoms with Crippen LogP contribution in [0.3, 0.4) is 0 Å². The number of carbonyl (C=O) groups is 2. The quantitative estimate of drug-likeness (QED) is 0.117. The number of nitrogens with one attached hydrogen (secondary N) is 2. The van der Waals surface area contributed by atoms with Crippen LogP contribution in [0.2, 0.25) is 0 Å². The first-order valence-corrected chi connectivity index (χ1v) is 16.8. The second kappa shape index (κ2) is 21.0. The van der Waals surface area contributed by atoms with E-state index in [1.54, 1.807) is 11.8 Å². The lowest BCUT2D eigenvalue weighted by Gasteiger charge is -2.17. The molecule has 12 heteroatoms. The van der Waals surface area contributed by atoms with Crippen LogP contribution < -0.4 is 10.6 Å². The fraction of sp³-hybridized carbons (Fsp3) is 0.862. The van der Waals surface area contributed by atoms with E-state index in [0.717, 1.165) is 31.4 Å². The van der Waals surface area contributed by atoms with Crippen LogP contribution in [0.5, 0.6) is 0 Å². The van der Waals surface area contributed by atoms with Gasteiger partial charge in [-0.05, 0) is 18.6 Å². The SMILES string of the molecule is CCCCCCCCCCCCCCCC(=O)N[C@H](CSCCC)C(=O)Nc1cn([C@H]2OC(CO)[C@@H](O)[C@H]2O)nn1. The summed E-state index contributed by atoms with van der Waals surface area (Å²) in [7, 11) is 0. The number of carbonyl (C=O) groups excluding carboxylic acids is 2. The van der Waals surface area contributed by atoms with Gasteiger partial charge in [-0.2, -0.15) is 11.8 Å². The number of aromatic nitrogens is 3. The van der Waals surface area contributed by atoms with E-state index in [1.165, 1.54) is 75.1 Å². The molecule has 236 valence electrons. The number of hydrogen-bond acceptors (Lipinski definition) is 9. The predicted octanol–water partition coefficient (Wildman–Crippen LogP) is 3.94. The second-order valence-corrected chi connectivity index (χ2v) is 12.1. The van der Waals surface area contributed by atoms with Crippen LogP contribution >= 0.6 is 11.8 Å². The number of unbranched alkanes of at least 4 members (excludes halogenated alkanes) is 12. The van der Waals surface area contributed by atoms with Gasteiger partial charge in [0.2, 0.25) is 11.8 Å². The standard InChI is InChI=1S/C29H53N5O6S/c1-3-5-6-7-8-9-10-11-12-13-14-15-16-17-25(36)30-22(21-41-18-4-2)28(39)31-24-19-34(33-32-24)29-27(38)26(37)23(20-35)40-29/h19,22-23,26-27,29,35,37-38H,3-18,20-21H2,1-2H3,(H,30,36)(H,31,39)/t22-,23?,26-,27-,29+/m1/s1. The van der Waals surface area contributed by atoms with Crippen LogP contribution in [0, 0.1) is 0 Å². The Kier molecular flexibility index (Phi) is 18.2. The van der Waals surface area contributed by atoms with Crippen LogP contribution in [-0.2, 0) is 14.3 Å². The summed E-state index contributed by atoms with van der Waals surface area (Å²) >= 11 is 1.60. The summed E-state index contributed by atoms with van der Waals surface area (Å²) in [6.07, 6.45) is 14.3. The lowest BCUT2D eigenvalue weighted by molar-refractivity contribution is -0.126. The maximum absolute atomic E-state index is 13.0. The van der Waals surface area contributed by atoms with Gasteiger partial charge < -0.3 is 30.7 Å². The van der Waals surface area contributed by atoms with Crippen LogP contribution in [-0.4, -0.2) is 84.6 Å². The predicted molar refractivity (Wildman–Crippen MR) is 162 cm³/mol. The fourth-order valence-electron chi connectivity index (χ4n) is 4.87. The Labute approximate surface area is 249 Å². The Morgan fingerprint density at radius 1 is 0.951 bits per heavy atom. The van der Waals surface area contributed by atoms with Gasteiger partial charge in [0, 0.05) is 12.2 Å². The van der Waals surface area contributed by atoms with E-state index in [1.807, 2.05) is 0 Å². The molecule has 1 aromatic heterocycles. The monoisotopic (exact) mass is 599 g/mol. The number of hydrogen-bond donors (Lipinski definition) is 5. The molecule has 0 bridgehead atoms. The first-order valence-electron chi connectivity index (χ1n) is 15.6. The number of amides is 2. The van der Waals surface area contributed by atoms with Crippen molar-refractivity contribution in [1.82, 2.24) is 20.3 Å². The van der Waals surface area contributed by atoms with E-state index < -0.39 is 43.1 Å². The smallest absolute Gasteiger partial charge is 0.249 e. The van der Waals surface area contributed by atoms with Crippen LogP contribution in [0.4, 0.5) is 5.82 Å².